The Bertz CT molecular complexity index is 1240. The van der Waals surface area contributed by atoms with Crippen molar-refractivity contribution < 1.29 is 13.7 Å². The van der Waals surface area contributed by atoms with Crippen LogP contribution in [0.3, 0.4) is 0 Å². The van der Waals surface area contributed by atoms with Gasteiger partial charge >= 0.3 is 0 Å². The Balaban J connectivity index is 1.37. The number of nitrogens with zero attached hydrogens (tertiary/aromatic N) is 5. The molecule has 2 aromatic carbocycles. The van der Waals surface area contributed by atoms with Gasteiger partial charge in [0.15, 0.2) is 0 Å². The van der Waals surface area contributed by atoms with Crippen molar-refractivity contribution in [2.75, 3.05) is 37.6 Å². The van der Waals surface area contributed by atoms with Crippen LogP contribution in [0.15, 0.2) is 40.9 Å². The van der Waals surface area contributed by atoms with Crippen molar-refractivity contribution in [2.24, 2.45) is 5.73 Å². The van der Waals surface area contributed by atoms with E-state index in [1.165, 1.54) is 5.56 Å². The summed E-state index contributed by atoms with van der Waals surface area (Å²) in [5, 5.41) is 13.7. The number of carbonyl (C=O) groups is 1. The molecule has 1 amide bonds. The molecule has 33 heavy (non-hydrogen) atoms. The molecule has 2 aliphatic rings. The lowest BCUT2D eigenvalue weighted by molar-refractivity contribution is -0.129. The Kier molecular flexibility index (Phi) is 5.52. The number of hydrogen-bond donors (Lipinski definition) is 1. The summed E-state index contributed by atoms with van der Waals surface area (Å²) in [6.07, 6.45) is 0.672. The Labute approximate surface area is 190 Å². The van der Waals surface area contributed by atoms with E-state index < -0.39 is 6.17 Å². The van der Waals surface area contributed by atoms with Crippen LogP contribution in [0.1, 0.15) is 16.7 Å². The van der Waals surface area contributed by atoms with Gasteiger partial charge in [0.1, 0.15) is 12.2 Å². The van der Waals surface area contributed by atoms with Gasteiger partial charge in [0.05, 0.1) is 30.9 Å². The Morgan fingerprint density at radius 1 is 1.15 bits per heavy atom. The van der Waals surface area contributed by atoms with Crippen LogP contribution in [-0.4, -0.2) is 59.8 Å². The molecule has 0 atom stereocenters. The standard InChI is InChI=1S/C24H23FN6O2/c25-20-13-31(14-20)21-4-3-18(10-19(21)11-26)24-28-23(29-33-24)17-2-1-15-5-7-30(22(32)12-27)8-6-16(15)9-17/h1-4,9-10,20H,5-8,12-14,27H2. The number of fused-ring (bicyclic) bond motifs is 1. The molecule has 9 heteroatoms. The summed E-state index contributed by atoms with van der Waals surface area (Å²) < 4.78 is 18.7. The number of hydrogen-bond acceptors (Lipinski definition) is 7. The first-order valence-electron chi connectivity index (χ1n) is 10.9. The van der Waals surface area contributed by atoms with E-state index in [0.717, 1.165) is 24.0 Å². The molecule has 5 rings (SSSR count). The summed E-state index contributed by atoms with van der Waals surface area (Å²) in [5.74, 6) is 0.736. The van der Waals surface area contributed by atoms with Crippen LogP contribution in [0.2, 0.25) is 0 Å². The first-order chi connectivity index (χ1) is 16.1. The fourth-order valence-corrected chi connectivity index (χ4v) is 4.36. The Morgan fingerprint density at radius 2 is 1.91 bits per heavy atom. The number of halogens is 1. The highest BCUT2D eigenvalue weighted by atomic mass is 19.1. The lowest BCUT2D eigenvalue weighted by Crippen LogP contribution is -2.48. The van der Waals surface area contributed by atoms with Gasteiger partial charge in [0, 0.05) is 24.2 Å². The lowest BCUT2D eigenvalue weighted by atomic mass is 10.00. The highest BCUT2D eigenvalue weighted by Gasteiger charge is 2.28. The highest BCUT2D eigenvalue weighted by molar-refractivity contribution is 5.78. The minimum atomic E-state index is -0.847. The van der Waals surface area contributed by atoms with Crippen LogP contribution >= 0.6 is 0 Å². The monoisotopic (exact) mass is 446 g/mol. The molecule has 2 aliphatic heterocycles. The predicted molar refractivity (Wildman–Crippen MR) is 120 cm³/mol. The second kappa shape index (κ2) is 8.64. The van der Waals surface area contributed by atoms with Gasteiger partial charge in [-0.3, -0.25) is 4.79 Å². The number of anilines is 1. The molecule has 1 aromatic heterocycles. The Hall–Kier alpha value is -3.77. The van der Waals surface area contributed by atoms with Crippen molar-refractivity contribution in [2.45, 2.75) is 19.0 Å². The predicted octanol–water partition coefficient (Wildman–Crippen LogP) is 2.32. The van der Waals surface area contributed by atoms with Crippen LogP contribution in [0.25, 0.3) is 22.8 Å². The molecular formula is C24H23FN6O2. The maximum absolute atomic E-state index is 13.2. The van der Waals surface area contributed by atoms with E-state index >= 15 is 0 Å². The molecule has 3 heterocycles. The zero-order valence-electron chi connectivity index (χ0n) is 18.0. The van der Waals surface area contributed by atoms with Gasteiger partial charge in [0.25, 0.3) is 5.89 Å². The number of carbonyl (C=O) groups excluding carboxylic acids is 1. The minimum absolute atomic E-state index is 0.0239. The SMILES string of the molecule is N#Cc1cc(-c2nc(-c3ccc4c(c3)CCN(C(=O)CN)CC4)no2)ccc1N1CC(F)C1. The van der Waals surface area contributed by atoms with Crippen molar-refractivity contribution in [3.8, 4) is 28.9 Å². The third-order valence-corrected chi connectivity index (χ3v) is 6.26. The third-order valence-electron chi connectivity index (χ3n) is 6.26. The molecule has 1 fully saturated rings. The molecule has 0 unspecified atom stereocenters. The number of benzene rings is 2. The average Bonchev–Trinajstić information content (AvgIpc) is 3.22. The molecule has 168 valence electrons. The van der Waals surface area contributed by atoms with Crippen LogP contribution in [-0.2, 0) is 17.6 Å². The Morgan fingerprint density at radius 3 is 2.64 bits per heavy atom. The van der Waals surface area contributed by atoms with Crippen molar-refractivity contribution in [3.05, 3.63) is 53.1 Å². The molecule has 1 saturated heterocycles. The number of nitriles is 1. The number of aromatic nitrogens is 2. The topological polar surface area (TPSA) is 112 Å². The number of nitrogens with two attached hydrogens (primary N) is 1. The summed E-state index contributed by atoms with van der Waals surface area (Å²) in [7, 11) is 0. The van der Waals surface area contributed by atoms with E-state index in [2.05, 4.69) is 16.2 Å². The molecule has 2 N–H and O–H groups in total. The zero-order valence-corrected chi connectivity index (χ0v) is 18.0. The van der Waals surface area contributed by atoms with Crippen LogP contribution < -0.4 is 10.6 Å². The first kappa shape index (κ1) is 21.1. The second-order valence-corrected chi connectivity index (χ2v) is 8.34. The fraction of sp³-hybridized carbons (Fsp3) is 0.333. The van der Waals surface area contributed by atoms with E-state index in [1.54, 1.807) is 23.1 Å². The summed E-state index contributed by atoms with van der Waals surface area (Å²) in [5.41, 5.74) is 10.5. The summed E-state index contributed by atoms with van der Waals surface area (Å²) in [6.45, 7) is 1.92. The number of rotatable bonds is 4. The molecule has 8 nitrogen and oxygen atoms in total. The van der Waals surface area contributed by atoms with E-state index in [1.807, 2.05) is 23.1 Å². The van der Waals surface area contributed by atoms with Gasteiger partial charge in [-0.25, -0.2) is 4.39 Å². The molecule has 0 bridgehead atoms. The fourth-order valence-electron chi connectivity index (χ4n) is 4.36. The van der Waals surface area contributed by atoms with Crippen LogP contribution in [0, 0.1) is 11.3 Å². The summed E-state index contributed by atoms with van der Waals surface area (Å²) in [6, 6.07) is 13.5. The zero-order chi connectivity index (χ0) is 22.9. The van der Waals surface area contributed by atoms with Gasteiger partial charge in [0.2, 0.25) is 11.7 Å². The van der Waals surface area contributed by atoms with Gasteiger partial charge in [-0.1, -0.05) is 17.3 Å². The summed E-state index contributed by atoms with van der Waals surface area (Å²) in [4.78, 5) is 20.1. The van der Waals surface area contributed by atoms with Gasteiger partial charge in [-0.2, -0.15) is 10.2 Å². The van der Waals surface area contributed by atoms with E-state index in [9.17, 15) is 14.4 Å². The maximum Gasteiger partial charge on any atom is 0.258 e. The average molecular weight is 446 g/mol. The van der Waals surface area contributed by atoms with E-state index in [4.69, 9.17) is 10.3 Å². The van der Waals surface area contributed by atoms with Gasteiger partial charge in [-0.15, -0.1) is 0 Å². The van der Waals surface area contributed by atoms with Crippen LogP contribution in [0.4, 0.5) is 10.1 Å². The van der Waals surface area contributed by atoms with Crippen molar-refractivity contribution >= 4 is 11.6 Å². The molecule has 0 aliphatic carbocycles. The van der Waals surface area contributed by atoms with Gasteiger partial charge in [-0.05, 0) is 48.2 Å². The minimum Gasteiger partial charge on any atom is -0.364 e. The molecule has 0 spiro atoms. The van der Waals surface area contributed by atoms with E-state index in [-0.39, 0.29) is 12.5 Å². The smallest absolute Gasteiger partial charge is 0.258 e. The maximum atomic E-state index is 13.2. The molecule has 3 aromatic rings. The largest absolute Gasteiger partial charge is 0.364 e. The quantitative estimate of drug-likeness (QED) is 0.654. The third kappa shape index (κ3) is 4.05. The van der Waals surface area contributed by atoms with Crippen molar-refractivity contribution in [1.82, 2.24) is 15.0 Å². The highest BCUT2D eigenvalue weighted by Crippen LogP contribution is 2.31. The molecule has 0 radical (unpaired) electrons. The van der Waals surface area contributed by atoms with Crippen molar-refractivity contribution in [1.29, 1.82) is 5.26 Å². The number of amides is 1. The summed E-state index contributed by atoms with van der Waals surface area (Å²) >= 11 is 0. The van der Waals surface area contributed by atoms with Crippen LogP contribution in [0.5, 0.6) is 0 Å². The lowest BCUT2D eigenvalue weighted by Gasteiger charge is -2.36. The second-order valence-electron chi connectivity index (χ2n) is 8.34. The normalized spacial score (nSPS) is 16.0. The number of alkyl halides is 1. The molecule has 0 saturated carbocycles. The molecular weight excluding hydrogens is 423 g/mol. The first-order valence-corrected chi connectivity index (χ1v) is 10.9. The van der Waals surface area contributed by atoms with E-state index in [0.29, 0.717) is 54.7 Å². The van der Waals surface area contributed by atoms with Crippen molar-refractivity contribution in [3.63, 3.8) is 0 Å². The van der Waals surface area contributed by atoms with Gasteiger partial charge < -0.3 is 20.1 Å².